The van der Waals surface area contributed by atoms with Gasteiger partial charge in [-0.3, -0.25) is 19.0 Å². The minimum Gasteiger partial charge on any atom is -0.497 e. The summed E-state index contributed by atoms with van der Waals surface area (Å²) in [5, 5.41) is 5.80. The lowest BCUT2D eigenvalue weighted by Gasteiger charge is -2.37. The number of carbonyl (C=O) groups excluding carboxylic acids is 3. The van der Waals surface area contributed by atoms with Crippen LogP contribution >= 0.6 is 0 Å². The maximum absolute atomic E-state index is 13.5. The second kappa shape index (κ2) is 22.9. The Morgan fingerprint density at radius 1 is 0.699 bits per heavy atom. The number of methoxy groups -OCH3 is 2. The van der Waals surface area contributed by atoms with Crippen LogP contribution < -0.4 is 20.1 Å². The Balaban J connectivity index is 0.782. The van der Waals surface area contributed by atoms with Gasteiger partial charge in [0, 0.05) is 30.9 Å². The molecule has 14 heteroatoms. The SMILES string of the molecule is CC[C@@H](O[C@@H](C)COC(c1ccccc1)(c1ccc(OC)cc1)c1ccc(OC)cc1)n1cnc2c(NC(=O)c3ccc(CNC(=O)CCCC(=O)OCC4c5ccccc5-c5ccccc54)cc3)ncnc21. The van der Waals surface area contributed by atoms with Gasteiger partial charge in [0.2, 0.25) is 5.91 Å². The molecule has 0 spiro atoms. The summed E-state index contributed by atoms with van der Waals surface area (Å²) in [5.74, 6) is 0.805. The predicted octanol–water partition coefficient (Wildman–Crippen LogP) is 10.6. The van der Waals surface area contributed by atoms with E-state index in [9.17, 15) is 14.4 Å². The van der Waals surface area contributed by atoms with Crippen LogP contribution in [0.4, 0.5) is 5.82 Å². The third kappa shape index (κ3) is 11.0. The first-order chi connectivity index (χ1) is 35.7. The first-order valence-electron chi connectivity index (χ1n) is 24.5. The number of nitrogens with zero attached hydrogens (tertiary/aromatic N) is 4. The lowest BCUT2D eigenvalue weighted by atomic mass is 9.80. The Morgan fingerprint density at radius 3 is 1.92 bits per heavy atom. The summed E-state index contributed by atoms with van der Waals surface area (Å²) in [7, 11) is 3.29. The van der Waals surface area contributed by atoms with E-state index in [2.05, 4.69) is 62.0 Å². The quantitative estimate of drug-likeness (QED) is 0.0490. The van der Waals surface area contributed by atoms with Crippen molar-refractivity contribution in [2.24, 2.45) is 0 Å². The lowest BCUT2D eigenvalue weighted by molar-refractivity contribution is -0.144. The maximum Gasteiger partial charge on any atom is 0.305 e. The van der Waals surface area contributed by atoms with Crippen molar-refractivity contribution in [2.75, 3.05) is 32.8 Å². The average molecular weight is 979 g/mol. The van der Waals surface area contributed by atoms with Crippen molar-refractivity contribution in [3.63, 3.8) is 0 Å². The predicted molar refractivity (Wildman–Crippen MR) is 278 cm³/mol. The van der Waals surface area contributed by atoms with Gasteiger partial charge in [0.1, 0.15) is 36.3 Å². The molecular weight excluding hydrogens is 921 g/mol. The average Bonchev–Trinajstić information content (AvgIpc) is 4.02. The summed E-state index contributed by atoms with van der Waals surface area (Å²) in [5.41, 5.74) is 8.49. The van der Waals surface area contributed by atoms with Crippen molar-refractivity contribution in [3.8, 4) is 22.6 Å². The highest BCUT2D eigenvalue weighted by Crippen LogP contribution is 2.45. The zero-order chi connectivity index (χ0) is 50.7. The molecule has 0 fully saturated rings. The second-order valence-electron chi connectivity index (χ2n) is 17.9. The van der Waals surface area contributed by atoms with Crippen molar-refractivity contribution in [2.45, 2.75) is 69.9 Å². The van der Waals surface area contributed by atoms with Crippen LogP contribution in [0, 0.1) is 0 Å². The summed E-state index contributed by atoms with van der Waals surface area (Å²) in [6, 6.07) is 49.2. The number of amides is 2. The van der Waals surface area contributed by atoms with E-state index >= 15 is 0 Å². The Morgan fingerprint density at radius 2 is 1.30 bits per heavy atom. The number of imidazole rings is 1. The van der Waals surface area contributed by atoms with Crippen molar-refractivity contribution in [1.82, 2.24) is 24.8 Å². The number of aromatic nitrogens is 4. The maximum atomic E-state index is 13.5. The molecule has 8 aromatic rings. The zero-order valence-corrected chi connectivity index (χ0v) is 41.3. The number of hydrogen-bond acceptors (Lipinski definition) is 11. The third-order valence-electron chi connectivity index (χ3n) is 13.2. The van der Waals surface area contributed by atoms with Crippen molar-refractivity contribution < 1.29 is 38.1 Å². The fourth-order valence-electron chi connectivity index (χ4n) is 9.46. The number of carbonyl (C=O) groups is 3. The van der Waals surface area contributed by atoms with Gasteiger partial charge in [-0.05, 0) is 101 Å². The molecule has 0 saturated carbocycles. The van der Waals surface area contributed by atoms with Gasteiger partial charge in [-0.2, -0.15) is 0 Å². The number of rotatable bonds is 22. The van der Waals surface area contributed by atoms with E-state index in [4.69, 9.17) is 23.7 Å². The number of benzene rings is 6. The van der Waals surface area contributed by atoms with E-state index < -0.39 is 17.9 Å². The molecule has 9 rings (SSSR count). The van der Waals surface area contributed by atoms with Gasteiger partial charge in [0.05, 0.1) is 33.3 Å². The molecular formula is C59H58N6O8. The molecule has 0 bridgehead atoms. The van der Waals surface area contributed by atoms with Crippen molar-refractivity contribution in [1.29, 1.82) is 0 Å². The zero-order valence-electron chi connectivity index (χ0n) is 41.3. The molecule has 6 aromatic carbocycles. The molecule has 2 amide bonds. The van der Waals surface area contributed by atoms with E-state index in [0.717, 1.165) is 44.9 Å². The molecule has 0 aliphatic heterocycles. The molecule has 2 heterocycles. The Hall–Kier alpha value is -8.20. The highest BCUT2D eigenvalue weighted by molar-refractivity contribution is 6.06. The molecule has 14 nitrogen and oxygen atoms in total. The van der Waals surface area contributed by atoms with Gasteiger partial charge >= 0.3 is 5.97 Å². The smallest absolute Gasteiger partial charge is 0.305 e. The number of anilines is 1. The minimum atomic E-state index is -1.02. The summed E-state index contributed by atoms with van der Waals surface area (Å²) in [6.07, 6.45) is 3.41. The largest absolute Gasteiger partial charge is 0.497 e. The molecule has 2 atom stereocenters. The van der Waals surface area contributed by atoms with Gasteiger partial charge < -0.3 is 34.3 Å². The van der Waals surface area contributed by atoms with Crippen LogP contribution in [0.25, 0.3) is 22.3 Å². The highest BCUT2D eigenvalue weighted by atomic mass is 16.6. The topological polar surface area (TPSA) is 165 Å². The number of fused-ring (bicyclic) bond motifs is 4. The van der Waals surface area contributed by atoms with Crippen LogP contribution in [-0.4, -0.2) is 70.8 Å². The van der Waals surface area contributed by atoms with Gasteiger partial charge in [-0.15, -0.1) is 0 Å². The van der Waals surface area contributed by atoms with E-state index in [1.807, 2.05) is 109 Å². The number of esters is 1. The van der Waals surface area contributed by atoms with Gasteiger partial charge in [-0.1, -0.05) is 122 Å². The summed E-state index contributed by atoms with van der Waals surface area (Å²) >= 11 is 0. The number of ether oxygens (including phenoxy) is 5. The summed E-state index contributed by atoms with van der Waals surface area (Å²) in [6.45, 7) is 4.72. The standard InChI is InChI=1S/C59H58N6O8/c1-5-53(73-39(2)35-72-59(42-14-7-6-8-15-42,43-26-30-45(69-3)31-27-43)44-28-32-46(70-4)33-29-44)65-38-63-55-56(61-37-62-57(55)65)64-58(68)41-24-22-40(23-25-41)34-60-52(66)20-13-21-54(67)71-36-51-49-18-11-9-16-47(49)48-17-10-12-19-50(48)51/h6-12,14-19,22-33,37-39,51,53H,5,13,20-21,34-36H2,1-4H3,(H,60,66)(H,61,62,64,68)/t39-,53+/m0/s1. The van der Waals surface area contributed by atoms with Crippen LogP contribution in [-0.2, 0) is 35.9 Å². The number of hydrogen-bond donors (Lipinski definition) is 2. The molecule has 2 N–H and O–H groups in total. The lowest BCUT2D eigenvalue weighted by Crippen LogP contribution is -2.36. The van der Waals surface area contributed by atoms with E-state index in [1.165, 1.54) is 17.5 Å². The molecule has 372 valence electrons. The van der Waals surface area contributed by atoms with Crippen LogP contribution in [0.1, 0.15) is 95.4 Å². The Labute approximate surface area is 424 Å². The normalized spacial score (nSPS) is 12.9. The molecule has 2 aromatic heterocycles. The van der Waals surface area contributed by atoms with E-state index in [0.29, 0.717) is 29.6 Å². The monoisotopic (exact) mass is 978 g/mol. The van der Waals surface area contributed by atoms with E-state index in [-0.39, 0.29) is 62.1 Å². The van der Waals surface area contributed by atoms with E-state index in [1.54, 1.807) is 44.8 Å². The second-order valence-corrected chi connectivity index (χ2v) is 17.9. The van der Waals surface area contributed by atoms with Crippen LogP contribution in [0.15, 0.2) is 164 Å². The Bertz CT molecular complexity index is 3070. The van der Waals surface area contributed by atoms with Crippen LogP contribution in [0.3, 0.4) is 0 Å². The third-order valence-corrected chi connectivity index (χ3v) is 13.2. The molecule has 0 unspecified atom stereocenters. The molecule has 73 heavy (non-hydrogen) atoms. The fourth-order valence-corrected chi connectivity index (χ4v) is 9.46. The Kier molecular flexibility index (Phi) is 15.6. The highest BCUT2D eigenvalue weighted by Gasteiger charge is 2.39. The summed E-state index contributed by atoms with van der Waals surface area (Å²) in [4.78, 5) is 52.5. The number of nitrogens with one attached hydrogen (secondary N) is 2. The fraction of sp³-hybridized carbons (Fsp3) is 0.254. The first-order valence-corrected chi connectivity index (χ1v) is 24.5. The van der Waals surface area contributed by atoms with Gasteiger partial charge in [-0.25, -0.2) is 15.0 Å². The van der Waals surface area contributed by atoms with Crippen LogP contribution in [0.5, 0.6) is 11.5 Å². The summed E-state index contributed by atoms with van der Waals surface area (Å²) < 4.78 is 32.4. The van der Waals surface area contributed by atoms with Gasteiger partial charge in [0.15, 0.2) is 17.0 Å². The first kappa shape index (κ1) is 49.8. The van der Waals surface area contributed by atoms with Crippen LogP contribution in [0.2, 0.25) is 0 Å². The molecule has 0 saturated heterocycles. The van der Waals surface area contributed by atoms with Gasteiger partial charge in [0.25, 0.3) is 5.91 Å². The molecule has 1 aliphatic rings. The molecule has 0 radical (unpaired) electrons. The minimum absolute atomic E-state index is 0.0128. The van der Waals surface area contributed by atoms with Crippen molar-refractivity contribution >= 4 is 34.8 Å². The van der Waals surface area contributed by atoms with Crippen molar-refractivity contribution in [3.05, 3.63) is 203 Å². The molecule has 1 aliphatic carbocycles.